The van der Waals surface area contributed by atoms with E-state index in [-0.39, 0.29) is 23.3 Å². The Kier molecular flexibility index (Phi) is 6.27. The molecule has 0 spiro atoms. The number of alkyl halides is 2. The van der Waals surface area contributed by atoms with E-state index < -0.39 is 38.8 Å². The van der Waals surface area contributed by atoms with Gasteiger partial charge >= 0.3 is 0 Å². The number of fused-ring (bicyclic) bond motifs is 1. The summed E-state index contributed by atoms with van der Waals surface area (Å²) < 4.78 is 55.4. The van der Waals surface area contributed by atoms with Crippen LogP contribution in [0.3, 0.4) is 0 Å². The molecule has 2 aromatic rings. The van der Waals surface area contributed by atoms with E-state index in [4.69, 9.17) is 0 Å². The van der Waals surface area contributed by atoms with Gasteiger partial charge in [0.25, 0.3) is 5.92 Å². The van der Waals surface area contributed by atoms with Crippen molar-refractivity contribution in [3.63, 3.8) is 0 Å². The lowest BCUT2D eigenvalue weighted by atomic mass is 9.92. The fourth-order valence-electron chi connectivity index (χ4n) is 6.21. The van der Waals surface area contributed by atoms with Crippen molar-refractivity contribution in [1.29, 1.82) is 0 Å². The van der Waals surface area contributed by atoms with E-state index in [0.29, 0.717) is 38.6 Å². The molecule has 0 radical (unpaired) electrons. The molecule has 5 rings (SSSR count). The number of hydrogen-bond acceptors (Lipinski definition) is 3. The molecular weight excluding hydrogens is 468 g/mol. The summed E-state index contributed by atoms with van der Waals surface area (Å²) >= 11 is 0. The molecule has 7 heteroatoms. The third-order valence-corrected chi connectivity index (χ3v) is 10.7. The van der Waals surface area contributed by atoms with E-state index in [1.54, 1.807) is 29.2 Å². The Bertz CT molecular complexity index is 1190. The second kappa shape index (κ2) is 8.99. The van der Waals surface area contributed by atoms with Crippen LogP contribution in [0.5, 0.6) is 0 Å². The first-order chi connectivity index (χ1) is 16.6. The van der Waals surface area contributed by atoms with E-state index >= 15 is 0 Å². The molecule has 0 aliphatic heterocycles. The van der Waals surface area contributed by atoms with Crippen molar-refractivity contribution >= 4 is 15.7 Å². The zero-order valence-corrected chi connectivity index (χ0v) is 21.1. The number of hydrogen-bond donors (Lipinski definition) is 0. The number of aryl methyl sites for hydroxylation is 2. The molecule has 35 heavy (non-hydrogen) atoms. The molecule has 0 N–H and O–H groups in total. The molecule has 0 bridgehead atoms. The Balaban J connectivity index is 1.42. The summed E-state index contributed by atoms with van der Waals surface area (Å²) in [6.45, 7) is 4.21. The molecule has 3 unspecified atom stereocenters. The van der Waals surface area contributed by atoms with Crippen LogP contribution in [0.15, 0.2) is 53.4 Å². The average molecular weight is 502 g/mol. The maximum Gasteiger partial charge on any atom is 0.254 e. The Morgan fingerprint density at radius 2 is 1.54 bits per heavy atom. The van der Waals surface area contributed by atoms with Gasteiger partial charge in [-0.25, -0.2) is 17.2 Å². The molecule has 188 valence electrons. The minimum Gasteiger partial charge on any atom is -0.335 e. The quantitative estimate of drug-likeness (QED) is 0.510. The number of carbonyl (C=O) groups is 1. The summed E-state index contributed by atoms with van der Waals surface area (Å²) in [5, 5.41) is -0.781. The third kappa shape index (κ3) is 4.52. The molecule has 3 aliphatic rings. The van der Waals surface area contributed by atoms with Gasteiger partial charge in [-0.2, -0.15) is 0 Å². The van der Waals surface area contributed by atoms with Crippen LogP contribution in [-0.2, 0) is 21.2 Å². The first kappa shape index (κ1) is 24.4. The van der Waals surface area contributed by atoms with Crippen LogP contribution in [0.25, 0.3) is 0 Å². The first-order valence-corrected chi connectivity index (χ1v) is 14.2. The average Bonchev–Trinajstić information content (AvgIpc) is 3.15. The third-order valence-electron chi connectivity index (χ3n) is 8.42. The second-order valence-electron chi connectivity index (χ2n) is 10.7. The molecular formula is C28H33F2NO3S. The van der Waals surface area contributed by atoms with Gasteiger partial charge in [0.05, 0.1) is 16.1 Å². The number of carbonyl (C=O) groups excluding carboxylic acids is 1. The Hall–Kier alpha value is -2.28. The Morgan fingerprint density at radius 3 is 2.17 bits per heavy atom. The maximum atomic E-state index is 14.2. The van der Waals surface area contributed by atoms with Gasteiger partial charge < -0.3 is 4.90 Å². The van der Waals surface area contributed by atoms with Crippen LogP contribution in [-0.4, -0.2) is 36.4 Å². The van der Waals surface area contributed by atoms with Crippen LogP contribution in [0, 0.1) is 31.6 Å². The highest BCUT2D eigenvalue weighted by molar-refractivity contribution is 7.92. The van der Waals surface area contributed by atoms with Gasteiger partial charge in [0, 0.05) is 24.4 Å². The molecule has 3 saturated carbocycles. The summed E-state index contributed by atoms with van der Waals surface area (Å²) in [5.41, 5.74) is 3.01. The van der Waals surface area contributed by atoms with E-state index in [1.807, 2.05) is 38.1 Å². The van der Waals surface area contributed by atoms with Crippen LogP contribution in [0.2, 0.25) is 0 Å². The molecule has 3 fully saturated rings. The fraction of sp³-hybridized carbons (Fsp3) is 0.536. The van der Waals surface area contributed by atoms with Gasteiger partial charge in [-0.3, -0.25) is 4.79 Å². The van der Waals surface area contributed by atoms with E-state index in [1.165, 1.54) is 0 Å². The summed E-state index contributed by atoms with van der Waals surface area (Å²) in [4.78, 5) is 16.0. The summed E-state index contributed by atoms with van der Waals surface area (Å²) in [5.74, 6) is -4.69. The largest absolute Gasteiger partial charge is 0.335 e. The van der Waals surface area contributed by atoms with Gasteiger partial charge in [-0.15, -0.1) is 0 Å². The molecule has 0 aromatic heterocycles. The molecule has 0 heterocycles. The SMILES string of the molecule is Cc1ccc(CN(C(=O)[C@@H]2CCC[C@H]2S(=O)(=O)c2ccc(C)cc2)C2CCC3C(C2)C3(F)F)cc1. The highest BCUT2D eigenvalue weighted by Gasteiger charge is 2.69. The molecule has 3 aliphatic carbocycles. The Morgan fingerprint density at radius 1 is 0.914 bits per heavy atom. The number of nitrogens with zero attached hydrogens (tertiary/aromatic N) is 1. The van der Waals surface area contributed by atoms with Gasteiger partial charge in [0.1, 0.15) is 0 Å². The summed E-state index contributed by atoms with van der Waals surface area (Å²) in [6.07, 6.45) is 2.86. The van der Waals surface area contributed by atoms with Crippen molar-refractivity contribution in [3.8, 4) is 0 Å². The lowest BCUT2D eigenvalue weighted by Crippen LogP contribution is -2.47. The van der Waals surface area contributed by atoms with Gasteiger partial charge in [0.2, 0.25) is 5.91 Å². The predicted octanol–water partition coefficient (Wildman–Crippen LogP) is 5.71. The minimum atomic E-state index is -3.68. The predicted molar refractivity (Wildman–Crippen MR) is 131 cm³/mol. The zero-order valence-electron chi connectivity index (χ0n) is 20.3. The number of sulfone groups is 1. The minimum absolute atomic E-state index is 0.198. The standard InChI is InChI=1S/C28H33F2NO3S/c1-18-6-10-20(11-7-18)17-31(21-12-15-24-25(16-21)28(24,29)30)27(32)23-4-3-5-26(23)35(33,34)22-13-8-19(2)9-14-22/h6-11,13-14,21,23-26H,3-5,12,15-17H2,1-2H3/t21?,23-,24?,25?,26-/m1/s1. The van der Waals surface area contributed by atoms with E-state index in [9.17, 15) is 22.0 Å². The smallest absolute Gasteiger partial charge is 0.254 e. The molecule has 2 aromatic carbocycles. The maximum absolute atomic E-state index is 14.2. The van der Waals surface area contributed by atoms with Crippen LogP contribution < -0.4 is 0 Å². The summed E-state index contributed by atoms with van der Waals surface area (Å²) in [7, 11) is -3.68. The van der Waals surface area contributed by atoms with Crippen molar-refractivity contribution in [2.75, 3.05) is 0 Å². The number of rotatable bonds is 6. The molecule has 0 saturated heterocycles. The second-order valence-corrected chi connectivity index (χ2v) is 12.9. The van der Waals surface area contributed by atoms with Gasteiger partial charge in [-0.05, 0) is 63.6 Å². The van der Waals surface area contributed by atoms with Crippen molar-refractivity contribution in [2.45, 2.75) is 81.0 Å². The molecule has 4 nitrogen and oxygen atoms in total. The van der Waals surface area contributed by atoms with E-state index in [0.717, 1.165) is 16.7 Å². The van der Waals surface area contributed by atoms with Crippen LogP contribution in [0.4, 0.5) is 8.78 Å². The first-order valence-electron chi connectivity index (χ1n) is 12.6. The molecule has 5 atom stereocenters. The van der Waals surface area contributed by atoms with Crippen LogP contribution in [0.1, 0.15) is 55.2 Å². The monoisotopic (exact) mass is 501 g/mol. The summed E-state index contributed by atoms with van der Waals surface area (Å²) in [6, 6.07) is 14.4. The van der Waals surface area contributed by atoms with Crippen LogP contribution >= 0.6 is 0 Å². The topological polar surface area (TPSA) is 54.5 Å². The Labute approximate surface area is 206 Å². The highest BCUT2D eigenvalue weighted by Crippen LogP contribution is 2.62. The number of halogens is 2. The number of benzene rings is 2. The van der Waals surface area contributed by atoms with Crippen molar-refractivity contribution in [2.24, 2.45) is 17.8 Å². The normalized spacial score (nSPS) is 29.4. The highest BCUT2D eigenvalue weighted by atomic mass is 32.2. The van der Waals surface area contributed by atoms with Gasteiger partial charge in [0.15, 0.2) is 9.84 Å². The lowest BCUT2D eigenvalue weighted by molar-refractivity contribution is -0.139. The molecule has 1 amide bonds. The zero-order chi connectivity index (χ0) is 25.0. The van der Waals surface area contributed by atoms with E-state index in [2.05, 4.69) is 0 Å². The van der Waals surface area contributed by atoms with Crippen molar-refractivity contribution in [3.05, 3.63) is 65.2 Å². The fourth-order valence-corrected chi connectivity index (χ4v) is 8.24. The van der Waals surface area contributed by atoms with Gasteiger partial charge in [-0.1, -0.05) is 53.9 Å². The van der Waals surface area contributed by atoms with Crippen molar-refractivity contribution < 1.29 is 22.0 Å². The number of amides is 1. The van der Waals surface area contributed by atoms with Crippen molar-refractivity contribution in [1.82, 2.24) is 4.90 Å². The lowest BCUT2D eigenvalue weighted by Gasteiger charge is -2.36.